The van der Waals surface area contributed by atoms with Crippen LogP contribution in [0.2, 0.25) is 0 Å². The summed E-state index contributed by atoms with van der Waals surface area (Å²) in [5, 5.41) is 9.84. The molecule has 1 aromatic heterocycles. The number of likely N-dealkylation sites (N-methyl/N-ethyl adjacent to an activating group) is 1. The van der Waals surface area contributed by atoms with Crippen molar-refractivity contribution in [2.24, 2.45) is 5.92 Å². The molecule has 0 spiro atoms. The third-order valence-corrected chi connectivity index (χ3v) is 6.50. The van der Waals surface area contributed by atoms with E-state index in [0.717, 1.165) is 11.1 Å². The number of pyridine rings is 1. The van der Waals surface area contributed by atoms with Crippen LogP contribution in [0.1, 0.15) is 34.6 Å². The second kappa shape index (κ2) is 10.9. The summed E-state index contributed by atoms with van der Waals surface area (Å²) in [7, 11) is 1.63. The average Bonchev–Trinajstić information content (AvgIpc) is 2.90. The molecule has 2 heterocycles. The van der Waals surface area contributed by atoms with Gasteiger partial charge < -0.3 is 19.6 Å². The van der Waals surface area contributed by atoms with Gasteiger partial charge in [0.25, 0.3) is 11.8 Å². The van der Waals surface area contributed by atoms with Crippen LogP contribution < -0.4 is 4.74 Å². The molecule has 0 saturated carbocycles. The third-order valence-electron chi connectivity index (χ3n) is 6.50. The van der Waals surface area contributed by atoms with Gasteiger partial charge in [-0.3, -0.25) is 9.59 Å². The van der Waals surface area contributed by atoms with Gasteiger partial charge in [0.05, 0.1) is 19.2 Å². The maximum Gasteiger partial charge on any atom is 0.259 e. The number of carbonyl (C=O) groups is 2. The second-order valence-corrected chi connectivity index (χ2v) is 9.26. The number of rotatable bonds is 6. The number of halogens is 1. The van der Waals surface area contributed by atoms with E-state index in [1.165, 1.54) is 23.1 Å². The summed E-state index contributed by atoms with van der Waals surface area (Å²) in [6.07, 6.45) is 1.16. The molecule has 3 aromatic rings. The van der Waals surface area contributed by atoms with Gasteiger partial charge in [-0.1, -0.05) is 43.3 Å². The molecule has 0 saturated heterocycles. The number of nitrogens with zero attached hydrogens (tertiary/aromatic N) is 3. The fraction of sp³-hybridized carbons (Fsp3) is 0.321. The monoisotopic (exact) mass is 491 g/mol. The predicted octanol–water partition coefficient (Wildman–Crippen LogP) is 3.88. The van der Waals surface area contributed by atoms with Gasteiger partial charge >= 0.3 is 0 Å². The van der Waals surface area contributed by atoms with Gasteiger partial charge in [-0.2, -0.15) is 0 Å². The molecule has 0 fully saturated rings. The van der Waals surface area contributed by atoms with Crippen LogP contribution in [-0.2, 0) is 0 Å². The number of fused-ring (bicyclic) bond motifs is 1. The molecule has 1 aliphatic heterocycles. The Morgan fingerprint density at radius 2 is 1.94 bits per heavy atom. The largest absolute Gasteiger partial charge is 0.472 e. The molecule has 0 unspecified atom stereocenters. The van der Waals surface area contributed by atoms with Crippen molar-refractivity contribution in [3.8, 4) is 17.0 Å². The van der Waals surface area contributed by atoms with Crippen molar-refractivity contribution in [3.05, 3.63) is 83.8 Å². The predicted molar refractivity (Wildman–Crippen MR) is 134 cm³/mol. The normalized spacial score (nSPS) is 18.5. The Bertz CT molecular complexity index is 1240. The molecular weight excluding hydrogens is 461 g/mol. The molecule has 1 N–H and O–H groups in total. The third kappa shape index (κ3) is 5.39. The summed E-state index contributed by atoms with van der Waals surface area (Å²) >= 11 is 0. The van der Waals surface area contributed by atoms with Gasteiger partial charge in [-0.15, -0.1) is 0 Å². The van der Waals surface area contributed by atoms with E-state index in [2.05, 4.69) is 4.98 Å². The highest BCUT2D eigenvalue weighted by atomic mass is 19.1. The Morgan fingerprint density at radius 3 is 2.64 bits per heavy atom. The minimum Gasteiger partial charge on any atom is -0.472 e. The topological polar surface area (TPSA) is 83.0 Å². The lowest BCUT2D eigenvalue weighted by Crippen LogP contribution is -2.50. The van der Waals surface area contributed by atoms with Crippen LogP contribution in [0.3, 0.4) is 0 Å². The van der Waals surface area contributed by atoms with Gasteiger partial charge in [0.15, 0.2) is 0 Å². The molecule has 0 bridgehead atoms. The SMILES string of the molecule is C[C@@H]1CN([C@H](C)CO)C(=O)c2cc(-c3ccccc3)cnc2O[C@H]1CN(C)C(=O)c1cccc(F)c1. The Morgan fingerprint density at radius 1 is 1.19 bits per heavy atom. The lowest BCUT2D eigenvalue weighted by atomic mass is 9.99. The highest BCUT2D eigenvalue weighted by Gasteiger charge is 2.35. The Labute approximate surface area is 210 Å². The number of aliphatic hydroxyl groups excluding tert-OH is 1. The van der Waals surface area contributed by atoms with Crippen LogP contribution >= 0.6 is 0 Å². The molecule has 8 heteroatoms. The van der Waals surface area contributed by atoms with Crippen molar-refractivity contribution in [1.29, 1.82) is 0 Å². The summed E-state index contributed by atoms with van der Waals surface area (Å²) in [5.74, 6) is -1.10. The Hall–Kier alpha value is -3.78. The highest BCUT2D eigenvalue weighted by Crippen LogP contribution is 2.30. The van der Waals surface area contributed by atoms with Crippen LogP contribution in [-0.4, -0.2) is 70.6 Å². The molecule has 0 radical (unpaired) electrons. The van der Waals surface area contributed by atoms with Crippen LogP contribution in [0.25, 0.3) is 11.1 Å². The van der Waals surface area contributed by atoms with Gasteiger partial charge in [-0.05, 0) is 36.8 Å². The maximum atomic E-state index is 13.7. The molecule has 36 heavy (non-hydrogen) atoms. The number of hydrogen-bond donors (Lipinski definition) is 1. The zero-order valence-electron chi connectivity index (χ0n) is 20.6. The van der Waals surface area contributed by atoms with E-state index in [1.807, 2.05) is 37.3 Å². The number of hydrogen-bond acceptors (Lipinski definition) is 5. The first kappa shape index (κ1) is 25.3. The van der Waals surface area contributed by atoms with Crippen LogP contribution in [0.5, 0.6) is 5.88 Å². The average molecular weight is 492 g/mol. The van der Waals surface area contributed by atoms with E-state index in [1.54, 1.807) is 37.2 Å². The zero-order valence-corrected chi connectivity index (χ0v) is 20.6. The van der Waals surface area contributed by atoms with E-state index < -0.39 is 18.0 Å². The van der Waals surface area contributed by atoms with E-state index in [-0.39, 0.29) is 42.3 Å². The molecule has 4 rings (SSSR count). The van der Waals surface area contributed by atoms with Gasteiger partial charge in [0.2, 0.25) is 5.88 Å². The second-order valence-electron chi connectivity index (χ2n) is 9.26. The Balaban J connectivity index is 1.67. The number of aromatic nitrogens is 1. The first-order valence-electron chi connectivity index (χ1n) is 11.9. The van der Waals surface area contributed by atoms with Gasteiger partial charge in [0, 0.05) is 36.8 Å². The summed E-state index contributed by atoms with van der Waals surface area (Å²) in [4.78, 5) is 34.1. The molecule has 0 aliphatic carbocycles. The maximum absolute atomic E-state index is 13.7. The number of ether oxygens (including phenoxy) is 1. The van der Waals surface area contributed by atoms with E-state index in [4.69, 9.17) is 4.74 Å². The van der Waals surface area contributed by atoms with Gasteiger partial charge in [0.1, 0.15) is 17.5 Å². The van der Waals surface area contributed by atoms with Crippen LogP contribution in [0.4, 0.5) is 4.39 Å². The molecule has 7 nitrogen and oxygen atoms in total. The van der Waals surface area contributed by atoms with E-state index in [9.17, 15) is 19.1 Å². The van der Waals surface area contributed by atoms with Crippen molar-refractivity contribution in [2.45, 2.75) is 26.0 Å². The summed E-state index contributed by atoms with van der Waals surface area (Å²) in [6, 6.07) is 16.5. The summed E-state index contributed by atoms with van der Waals surface area (Å²) in [5.41, 5.74) is 2.22. The zero-order chi connectivity index (χ0) is 25.8. The molecule has 188 valence electrons. The minimum absolute atomic E-state index is 0.179. The Kier molecular flexibility index (Phi) is 7.64. The number of amides is 2. The standard InChI is InChI=1S/C28H30FN3O4/c1-18-15-32(19(2)17-33)28(35)24-13-22(20-8-5-4-6-9-20)14-30-26(24)36-25(18)16-31(3)27(34)21-10-7-11-23(29)12-21/h4-14,18-19,25,33H,15-17H2,1-3H3/t18-,19-,25+/m1/s1. The molecule has 3 atom stereocenters. The van der Waals surface area contributed by atoms with Gasteiger partial charge in [-0.25, -0.2) is 9.37 Å². The van der Waals surface area contributed by atoms with Crippen molar-refractivity contribution >= 4 is 11.8 Å². The first-order valence-corrected chi connectivity index (χ1v) is 11.9. The minimum atomic E-state index is -0.497. The van der Waals surface area contributed by atoms with E-state index in [0.29, 0.717) is 12.1 Å². The van der Waals surface area contributed by atoms with Crippen LogP contribution in [0.15, 0.2) is 66.9 Å². The first-order chi connectivity index (χ1) is 17.3. The molecule has 2 aromatic carbocycles. The van der Waals surface area contributed by atoms with Crippen molar-refractivity contribution in [1.82, 2.24) is 14.8 Å². The number of aliphatic hydroxyl groups is 1. The quantitative estimate of drug-likeness (QED) is 0.566. The van der Waals surface area contributed by atoms with Crippen molar-refractivity contribution in [3.63, 3.8) is 0 Å². The lowest BCUT2D eigenvalue weighted by molar-refractivity contribution is 0.0313. The fourth-order valence-electron chi connectivity index (χ4n) is 4.30. The highest BCUT2D eigenvalue weighted by molar-refractivity contribution is 5.98. The molecule has 2 amide bonds. The number of carbonyl (C=O) groups excluding carboxylic acids is 2. The van der Waals surface area contributed by atoms with Crippen molar-refractivity contribution < 1.29 is 23.8 Å². The summed E-state index contributed by atoms with van der Waals surface area (Å²) < 4.78 is 19.9. The number of benzene rings is 2. The fourth-order valence-corrected chi connectivity index (χ4v) is 4.30. The van der Waals surface area contributed by atoms with Crippen molar-refractivity contribution in [2.75, 3.05) is 26.7 Å². The molecule has 1 aliphatic rings. The molecular formula is C28H30FN3O4. The van der Waals surface area contributed by atoms with Crippen LogP contribution in [0, 0.1) is 11.7 Å². The lowest BCUT2D eigenvalue weighted by Gasteiger charge is -2.37. The summed E-state index contributed by atoms with van der Waals surface area (Å²) in [6.45, 7) is 4.05. The smallest absolute Gasteiger partial charge is 0.259 e. The van der Waals surface area contributed by atoms with E-state index >= 15 is 0 Å².